The summed E-state index contributed by atoms with van der Waals surface area (Å²) in [5.41, 5.74) is 0.308. The van der Waals surface area contributed by atoms with Gasteiger partial charge in [-0.3, -0.25) is 4.79 Å². The van der Waals surface area contributed by atoms with Crippen molar-refractivity contribution >= 4 is 5.91 Å². The predicted octanol–water partition coefficient (Wildman–Crippen LogP) is 3.10. The zero-order valence-corrected chi connectivity index (χ0v) is 12.2. The second-order valence-corrected chi connectivity index (χ2v) is 5.58. The Morgan fingerprint density at radius 1 is 1.30 bits per heavy atom. The molecule has 0 aliphatic heterocycles. The van der Waals surface area contributed by atoms with Gasteiger partial charge in [-0.1, -0.05) is 26.2 Å². The molecule has 1 fully saturated rings. The van der Waals surface area contributed by atoms with Crippen LogP contribution in [0.2, 0.25) is 0 Å². The number of methoxy groups -OCH3 is 1. The number of carbonyl (C=O) groups excluding carboxylic acids is 1. The van der Waals surface area contributed by atoms with Crippen LogP contribution < -0.4 is 10.1 Å². The zero-order valence-electron chi connectivity index (χ0n) is 12.2. The molecule has 0 aromatic heterocycles. The van der Waals surface area contributed by atoms with Crippen LogP contribution in [0.5, 0.6) is 11.5 Å². The van der Waals surface area contributed by atoms with Gasteiger partial charge in [0.15, 0.2) is 0 Å². The SMILES string of the molecule is COc1ccc(C(=O)NC2CCCCCC2C)c(O)c1. The van der Waals surface area contributed by atoms with Crippen molar-refractivity contribution in [3.05, 3.63) is 23.8 Å². The van der Waals surface area contributed by atoms with E-state index in [0.717, 1.165) is 19.3 Å². The van der Waals surface area contributed by atoms with Crippen LogP contribution in [0.25, 0.3) is 0 Å². The maximum Gasteiger partial charge on any atom is 0.255 e. The van der Waals surface area contributed by atoms with Crippen LogP contribution in [0, 0.1) is 5.92 Å². The molecule has 2 unspecified atom stereocenters. The van der Waals surface area contributed by atoms with E-state index < -0.39 is 0 Å². The second-order valence-electron chi connectivity index (χ2n) is 5.58. The van der Waals surface area contributed by atoms with Gasteiger partial charge in [-0.05, 0) is 30.9 Å². The first-order chi connectivity index (χ1) is 9.61. The minimum Gasteiger partial charge on any atom is -0.507 e. The van der Waals surface area contributed by atoms with E-state index in [2.05, 4.69) is 12.2 Å². The van der Waals surface area contributed by atoms with Gasteiger partial charge >= 0.3 is 0 Å². The fourth-order valence-electron chi connectivity index (χ4n) is 2.78. The molecule has 0 spiro atoms. The lowest BCUT2D eigenvalue weighted by molar-refractivity contribution is 0.0919. The summed E-state index contributed by atoms with van der Waals surface area (Å²) in [6, 6.07) is 4.95. The molecule has 0 saturated heterocycles. The Balaban J connectivity index is 2.07. The topological polar surface area (TPSA) is 58.6 Å². The standard InChI is InChI=1S/C16H23NO3/c1-11-6-4-3-5-7-14(11)17-16(19)13-9-8-12(20-2)10-15(13)18/h8-11,14,18H,3-7H2,1-2H3,(H,17,19). The molecule has 20 heavy (non-hydrogen) atoms. The van der Waals surface area contributed by atoms with Crippen LogP contribution in [0.15, 0.2) is 18.2 Å². The summed E-state index contributed by atoms with van der Waals surface area (Å²) in [5.74, 6) is 0.788. The lowest BCUT2D eigenvalue weighted by atomic mass is 9.96. The quantitative estimate of drug-likeness (QED) is 0.835. The third kappa shape index (κ3) is 3.44. The third-order valence-corrected chi connectivity index (χ3v) is 4.13. The molecule has 1 aromatic rings. The van der Waals surface area contributed by atoms with Gasteiger partial charge in [-0.15, -0.1) is 0 Å². The fraction of sp³-hybridized carbons (Fsp3) is 0.562. The van der Waals surface area contributed by atoms with Gasteiger partial charge in [0.05, 0.1) is 12.7 Å². The number of ether oxygens (including phenoxy) is 1. The molecule has 110 valence electrons. The van der Waals surface area contributed by atoms with E-state index in [1.165, 1.54) is 26.0 Å². The number of aromatic hydroxyl groups is 1. The number of phenolic OH excluding ortho intramolecular Hbond substituents is 1. The van der Waals surface area contributed by atoms with Crippen LogP contribution in [0.1, 0.15) is 49.4 Å². The normalized spacial score (nSPS) is 22.9. The molecule has 4 heteroatoms. The summed E-state index contributed by atoms with van der Waals surface area (Å²) in [5, 5.41) is 13.0. The summed E-state index contributed by atoms with van der Waals surface area (Å²) < 4.78 is 5.02. The number of hydrogen-bond donors (Lipinski definition) is 2. The number of phenols is 1. The molecule has 0 heterocycles. The van der Waals surface area contributed by atoms with Gasteiger partial charge in [0, 0.05) is 12.1 Å². The molecule has 2 rings (SSSR count). The highest BCUT2D eigenvalue weighted by Crippen LogP contribution is 2.26. The Labute approximate surface area is 120 Å². The van der Waals surface area contributed by atoms with Crippen molar-refractivity contribution in [2.24, 2.45) is 5.92 Å². The molecule has 1 saturated carbocycles. The van der Waals surface area contributed by atoms with Gasteiger partial charge in [0.2, 0.25) is 0 Å². The first-order valence-corrected chi connectivity index (χ1v) is 7.29. The lowest BCUT2D eigenvalue weighted by Crippen LogP contribution is -2.38. The molecular weight excluding hydrogens is 254 g/mol. The monoisotopic (exact) mass is 277 g/mol. The summed E-state index contributed by atoms with van der Waals surface area (Å²) in [6.07, 6.45) is 5.80. The average Bonchev–Trinajstić information content (AvgIpc) is 2.64. The van der Waals surface area contributed by atoms with E-state index in [1.54, 1.807) is 12.1 Å². The van der Waals surface area contributed by atoms with E-state index in [0.29, 0.717) is 17.2 Å². The van der Waals surface area contributed by atoms with Crippen LogP contribution in [0.3, 0.4) is 0 Å². The number of benzene rings is 1. The van der Waals surface area contributed by atoms with Gasteiger partial charge < -0.3 is 15.2 Å². The van der Waals surface area contributed by atoms with Crippen molar-refractivity contribution in [2.45, 2.75) is 45.1 Å². The Kier molecular flexibility index (Phi) is 4.88. The van der Waals surface area contributed by atoms with Gasteiger partial charge in [-0.2, -0.15) is 0 Å². The largest absolute Gasteiger partial charge is 0.507 e. The summed E-state index contributed by atoms with van der Waals surface area (Å²) >= 11 is 0. The maximum atomic E-state index is 12.3. The number of nitrogens with one attached hydrogen (secondary N) is 1. The van der Waals surface area contributed by atoms with E-state index in [1.807, 2.05) is 0 Å². The molecule has 4 nitrogen and oxygen atoms in total. The third-order valence-electron chi connectivity index (χ3n) is 4.13. The minimum atomic E-state index is -0.205. The second kappa shape index (κ2) is 6.64. The van der Waals surface area contributed by atoms with Crippen LogP contribution in [-0.4, -0.2) is 24.2 Å². The van der Waals surface area contributed by atoms with E-state index in [-0.39, 0.29) is 17.7 Å². The summed E-state index contributed by atoms with van der Waals surface area (Å²) in [4.78, 5) is 12.3. The van der Waals surface area contributed by atoms with Crippen LogP contribution >= 0.6 is 0 Å². The van der Waals surface area contributed by atoms with Crippen LogP contribution in [0.4, 0.5) is 0 Å². The number of carbonyl (C=O) groups is 1. The smallest absolute Gasteiger partial charge is 0.255 e. The minimum absolute atomic E-state index is 0.0388. The van der Waals surface area contributed by atoms with Gasteiger partial charge in [-0.25, -0.2) is 0 Å². The number of hydrogen-bond acceptors (Lipinski definition) is 3. The van der Waals surface area contributed by atoms with Crippen molar-refractivity contribution in [2.75, 3.05) is 7.11 Å². The van der Waals surface area contributed by atoms with E-state index in [9.17, 15) is 9.90 Å². The Bertz CT molecular complexity index is 473. The number of amides is 1. The zero-order chi connectivity index (χ0) is 14.5. The van der Waals surface area contributed by atoms with E-state index >= 15 is 0 Å². The van der Waals surface area contributed by atoms with Crippen LogP contribution in [-0.2, 0) is 0 Å². The first kappa shape index (κ1) is 14.7. The summed E-state index contributed by atoms with van der Waals surface area (Å²) in [6.45, 7) is 2.18. The molecule has 1 amide bonds. The summed E-state index contributed by atoms with van der Waals surface area (Å²) in [7, 11) is 1.53. The van der Waals surface area contributed by atoms with Crippen molar-refractivity contribution in [3.63, 3.8) is 0 Å². The van der Waals surface area contributed by atoms with Crippen molar-refractivity contribution in [1.29, 1.82) is 0 Å². The predicted molar refractivity (Wildman–Crippen MR) is 78.2 cm³/mol. The first-order valence-electron chi connectivity index (χ1n) is 7.29. The van der Waals surface area contributed by atoms with Crippen molar-refractivity contribution < 1.29 is 14.6 Å². The van der Waals surface area contributed by atoms with Crippen molar-refractivity contribution in [3.8, 4) is 11.5 Å². The molecule has 2 N–H and O–H groups in total. The molecular formula is C16H23NO3. The highest BCUT2D eigenvalue weighted by Gasteiger charge is 2.23. The molecule has 1 aliphatic carbocycles. The van der Waals surface area contributed by atoms with Crippen molar-refractivity contribution in [1.82, 2.24) is 5.32 Å². The molecule has 1 aromatic carbocycles. The molecule has 1 aliphatic rings. The highest BCUT2D eigenvalue weighted by atomic mass is 16.5. The average molecular weight is 277 g/mol. The molecule has 0 bridgehead atoms. The molecule has 0 radical (unpaired) electrons. The Hall–Kier alpha value is -1.71. The Morgan fingerprint density at radius 2 is 2.05 bits per heavy atom. The Morgan fingerprint density at radius 3 is 2.75 bits per heavy atom. The lowest BCUT2D eigenvalue weighted by Gasteiger charge is -2.23. The fourth-order valence-corrected chi connectivity index (χ4v) is 2.78. The highest BCUT2D eigenvalue weighted by molar-refractivity contribution is 5.97. The van der Waals surface area contributed by atoms with Gasteiger partial charge in [0.25, 0.3) is 5.91 Å². The van der Waals surface area contributed by atoms with E-state index in [4.69, 9.17) is 4.74 Å². The maximum absolute atomic E-state index is 12.3. The number of rotatable bonds is 3. The molecule has 2 atom stereocenters. The van der Waals surface area contributed by atoms with Gasteiger partial charge in [0.1, 0.15) is 11.5 Å².